The second-order valence-electron chi connectivity index (χ2n) is 5.79. The van der Waals surface area contributed by atoms with Crippen LogP contribution < -0.4 is 5.32 Å². The van der Waals surface area contributed by atoms with Crippen LogP contribution in [-0.4, -0.2) is 34.4 Å². The Balaban J connectivity index is 1.80. The average Bonchev–Trinajstić information content (AvgIpc) is 2.94. The van der Waals surface area contributed by atoms with Crippen molar-refractivity contribution in [2.75, 3.05) is 25.1 Å². The van der Waals surface area contributed by atoms with Gasteiger partial charge in [0, 0.05) is 31.0 Å². The molecule has 0 aliphatic carbocycles. The second kappa shape index (κ2) is 5.79. The molecule has 0 spiro atoms. The lowest BCUT2D eigenvalue weighted by Gasteiger charge is -2.23. The van der Waals surface area contributed by atoms with Gasteiger partial charge in [0.25, 0.3) is 0 Å². The maximum atomic E-state index is 5.53. The molecule has 0 amide bonds. The van der Waals surface area contributed by atoms with Gasteiger partial charge in [0.15, 0.2) is 5.65 Å². The molecule has 1 aliphatic rings. The molecule has 20 heavy (non-hydrogen) atoms. The number of hydrogen-bond donors (Lipinski definition) is 1. The van der Waals surface area contributed by atoms with Crippen molar-refractivity contribution < 1.29 is 4.74 Å². The van der Waals surface area contributed by atoms with Crippen LogP contribution in [0.1, 0.15) is 38.3 Å². The molecule has 5 heteroatoms. The maximum absolute atomic E-state index is 5.53. The van der Waals surface area contributed by atoms with Crippen LogP contribution in [0, 0.1) is 5.92 Å². The Morgan fingerprint density at radius 3 is 3.15 bits per heavy atom. The van der Waals surface area contributed by atoms with Gasteiger partial charge in [-0.2, -0.15) is 9.61 Å². The summed E-state index contributed by atoms with van der Waals surface area (Å²) in [6.07, 6.45) is 4.19. The van der Waals surface area contributed by atoms with Crippen LogP contribution in [0.5, 0.6) is 0 Å². The number of rotatable bonds is 4. The molecule has 1 fully saturated rings. The summed E-state index contributed by atoms with van der Waals surface area (Å²) in [6, 6.07) is 4.05. The van der Waals surface area contributed by atoms with Crippen LogP contribution in [0.3, 0.4) is 0 Å². The summed E-state index contributed by atoms with van der Waals surface area (Å²) in [7, 11) is 0. The molecule has 0 aromatic carbocycles. The molecular formula is C15H22N4O. The molecule has 0 bridgehead atoms. The van der Waals surface area contributed by atoms with E-state index in [1.54, 1.807) is 6.20 Å². The summed E-state index contributed by atoms with van der Waals surface area (Å²) >= 11 is 0. The van der Waals surface area contributed by atoms with Gasteiger partial charge in [-0.15, -0.1) is 0 Å². The van der Waals surface area contributed by atoms with Crippen molar-refractivity contribution in [1.82, 2.24) is 14.6 Å². The largest absolute Gasteiger partial charge is 0.381 e. The average molecular weight is 274 g/mol. The van der Waals surface area contributed by atoms with Gasteiger partial charge in [-0.25, -0.2) is 4.98 Å². The zero-order valence-electron chi connectivity index (χ0n) is 12.2. The van der Waals surface area contributed by atoms with E-state index in [1.165, 1.54) is 6.42 Å². The highest BCUT2D eigenvalue weighted by atomic mass is 16.5. The van der Waals surface area contributed by atoms with E-state index in [1.807, 2.05) is 10.6 Å². The number of anilines is 1. The molecular weight excluding hydrogens is 252 g/mol. The molecule has 0 radical (unpaired) electrons. The van der Waals surface area contributed by atoms with Gasteiger partial charge >= 0.3 is 0 Å². The van der Waals surface area contributed by atoms with Crippen molar-refractivity contribution in [3.63, 3.8) is 0 Å². The van der Waals surface area contributed by atoms with E-state index in [9.17, 15) is 0 Å². The van der Waals surface area contributed by atoms with E-state index in [2.05, 4.69) is 35.3 Å². The molecule has 2 aromatic heterocycles. The van der Waals surface area contributed by atoms with Gasteiger partial charge in [0.05, 0.1) is 12.8 Å². The van der Waals surface area contributed by atoms with E-state index in [0.29, 0.717) is 11.8 Å². The summed E-state index contributed by atoms with van der Waals surface area (Å²) in [5.74, 6) is 2.02. The fourth-order valence-corrected chi connectivity index (χ4v) is 2.57. The molecule has 0 saturated carbocycles. The Kier molecular flexibility index (Phi) is 3.87. The number of ether oxygens (including phenoxy) is 1. The number of fused-ring (bicyclic) bond motifs is 1. The predicted octanol–water partition coefficient (Wildman–Crippen LogP) is 2.69. The lowest BCUT2D eigenvalue weighted by molar-refractivity contribution is 0.0594. The normalized spacial score (nSPS) is 19.6. The Morgan fingerprint density at radius 1 is 1.50 bits per heavy atom. The van der Waals surface area contributed by atoms with Gasteiger partial charge in [0.1, 0.15) is 5.82 Å². The molecule has 108 valence electrons. The van der Waals surface area contributed by atoms with E-state index in [-0.39, 0.29) is 0 Å². The lowest BCUT2D eigenvalue weighted by Crippen LogP contribution is -2.25. The van der Waals surface area contributed by atoms with Crippen LogP contribution in [0.15, 0.2) is 18.3 Å². The highest BCUT2D eigenvalue weighted by molar-refractivity contribution is 5.49. The lowest BCUT2D eigenvalue weighted by atomic mass is 10.0. The first-order chi connectivity index (χ1) is 9.74. The second-order valence-corrected chi connectivity index (χ2v) is 5.79. The predicted molar refractivity (Wildman–Crippen MR) is 79.1 cm³/mol. The molecule has 1 N–H and O–H groups in total. The third kappa shape index (κ3) is 2.77. The first-order valence-electron chi connectivity index (χ1n) is 7.40. The Morgan fingerprint density at radius 2 is 2.40 bits per heavy atom. The van der Waals surface area contributed by atoms with E-state index < -0.39 is 0 Å². The molecule has 5 nitrogen and oxygen atoms in total. The number of aromatic nitrogens is 3. The van der Waals surface area contributed by atoms with Crippen molar-refractivity contribution in [2.24, 2.45) is 5.92 Å². The Labute approximate surface area is 119 Å². The van der Waals surface area contributed by atoms with Crippen molar-refractivity contribution in [3.05, 3.63) is 24.0 Å². The molecule has 0 unspecified atom stereocenters. The van der Waals surface area contributed by atoms with E-state index in [4.69, 9.17) is 4.74 Å². The summed E-state index contributed by atoms with van der Waals surface area (Å²) in [5.41, 5.74) is 2.00. The summed E-state index contributed by atoms with van der Waals surface area (Å²) in [6.45, 7) is 7.02. The van der Waals surface area contributed by atoms with E-state index in [0.717, 1.165) is 43.3 Å². The van der Waals surface area contributed by atoms with E-state index >= 15 is 0 Å². The fourth-order valence-electron chi connectivity index (χ4n) is 2.57. The number of nitrogens with zero attached hydrogens (tertiary/aromatic N) is 3. The highest BCUT2D eigenvalue weighted by Crippen LogP contribution is 2.20. The minimum Gasteiger partial charge on any atom is -0.381 e. The van der Waals surface area contributed by atoms with Crippen molar-refractivity contribution in [2.45, 2.75) is 32.6 Å². The van der Waals surface area contributed by atoms with Crippen LogP contribution in [0.25, 0.3) is 5.65 Å². The van der Waals surface area contributed by atoms with Gasteiger partial charge in [-0.1, -0.05) is 13.8 Å². The number of nitrogens with one attached hydrogen (secondary N) is 1. The first-order valence-corrected chi connectivity index (χ1v) is 7.40. The molecule has 1 saturated heterocycles. The third-order valence-electron chi connectivity index (χ3n) is 3.80. The first kappa shape index (κ1) is 13.4. The number of hydrogen-bond acceptors (Lipinski definition) is 4. The van der Waals surface area contributed by atoms with Crippen molar-refractivity contribution >= 4 is 11.5 Å². The molecule has 3 heterocycles. The molecule has 2 aromatic rings. The minimum atomic E-state index is 0.411. The van der Waals surface area contributed by atoms with Gasteiger partial charge in [0.2, 0.25) is 0 Å². The maximum Gasteiger partial charge on any atom is 0.157 e. The standard InChI is InChI=1S/C15H22N4O/c1-11(2)13-8-15(19-14(18-13)5-6-17-19)16-9-12-4-3-7-20-10-12/h5-6,8,11-12,16H,3-4,7,9-10H2,1-2H3/t12-/m1/s1. The zero-order chi connectivity index (χ0) is 13.9. The van der Waals surface area contributed by atoms with Crippen molar-refractivity contribution in [1.29, 1.82) is 0 Å². The van der Waals surface area contributed by atoms with Crippen molar-refractivity contribution in [3.8, 4) is 0 Å². The van der Waals surface area contributed by atoms with Gasteiger partial charge in [-0.3, -0.25) is 0 Å². The Hall–Kier alpha value is -1.62. The van der Waals surface area contributed by atoms with Gasteiger partial charge in [-0.05, 0) is 24.7 Å². The van der Waals surface area contributed by atoms with Crippen LogP contribution in [0.2, 0.25) is 0 Å². The van der Waals surface area contributed by atoms with Crippen LogP contribution in [-0.2, 0) is 4.74 Å². The Bertz CT molecular complexity index is 572. The molecule has 1 atom stereocenters. The fraction of sp³-hybridized carbons (Fsp3) is 0.600. The topological polar surface area (TPSA) is 51.5 Å². The summed E-state index contributed by atoms with van der Waals surface area (Å²) in [5, 5.41) is 7.86. The highest BCUT2D eigenvalue weighted by Gasteiger charge is 2.15. The van der Waals surface area contributed by atoms with Crippen LogP contribution >= 0.6 is 0 Å². The van der Waals surface area contributed by atoms with Gasteiger partial charge < -0.3 is 10.1 Å². The monoisotopic (exact) mass is 274 g/mol. The van der Waals surface area contributed by atoms with Crippen LogP contribution in [0.4, 0.5) is 5.82 Å². The quantitative estimate of drug-likeness (QED) is 0.931. The third-order valence-corrected chi connectivity index (χ3v) is 3.80. The smallest absolute Gasteiger partial charge is 0.157 e. The molecule has 1 aliphatic heterocycles. The SMILES string of the molecule is CC(C)c1cc(NC[C@H]2CCCOC2)n2nccc2n1. The summed E-state index contributed by atoms with van der Waals surface area (Å²) < 4.78 is 7.40. The summed E-state index contributed by atoms with van der Waals surface area (Å²) in [4.78, 5) is 4.63. The zero-order valence-corrected chi connectivity index (χ0v) is 12.2. The molecule has 3 rings (SSSR count). The minimum absolute atomic E-state index is 0.411.